The van der Waals surface area contributed by atoms with E-state index in [1.807, 2.05) is 0 Å². The minimum atomic E-state index is -3.90. The van der Waals surface area contributed by atoms with Crippen LogP contribution in [0.25, 0.3) is 0 Å². The maximum Gasteiger partial charge on any atom is 0.260 e. The van der Waals surface area contributed by atoms with Gasteiger partial charge in [-0.1, -0.05) is 0 Å². The van der Waals surface area contributed by atoms with E-state index in [1.165, 1.54) is 18.3 Å². The van der Waals surface area contributed by atoms with Crippen LogP contribution in [0.2, 0.25) is 0 Å². The Morgan fingerprint density at radius 1 is 1.42 bits per heavy atom. The van der Waals surface area contributed by atoms with Crippen LogP contribution in [0.5, 0.6) is 0 Å². The van der Waals surface area contributed by atoms with Crippen molar-refractivity contribution in [3.63, 3.8) is 0 Å². The number of nitrogens with zero attached hydrogens (tertiary/aromatic N) is 1. The van der Waals surface area contributed by atoms with E-state index in [-0.39, 0.29) is 28.6 Å². The van der Waals surface area contributed by atoms with Gasteiger partial charge < -0.3 is 5.43 Å². The molecule has 1 saturated heterocycles. The molecule has 1 aromatic heterocycles. The van der Waals surface area contributed by atoms with Gasteiger partial charge in [0.05, 0.1) is 17.2 Å². The van der Waals surface area contributed by atoms with Crippen molar-refractivity contribution in [2.75, 3.05) is 16.9 Å². The van der Waals surface area contributed by atoms with Gasteiger partial charge in [-0.3, -0.25) is 5.84 Å². The van der Waals surface area contributed by atoms with Crippen molar-refractivity contribution in [2.45, 2.75) is 17.5 Å². The van der Waals surface area contributed by atoms with Crippen molar-refractivity contribution in [1.82, 2.24) is 9.71 Å². The van der Waals surface area contributed by atoms with E-state index < -0.39 is 25.9 Å². The number of aromatic nitrogens is 1. The predicted octanol–water partition coefficient (Wildman–Crippen LogP) is -1.17. The molecule has 2 rings (SSSR count). The van der Waals surface area contributed by atoms with Crippen molar-refractivity contribution in [1.29, 1.82) is 0 Å². The summed E-state index contributed by atoms with van der Waals surface area (Å²) in [6.45, 7) is 0. The fraction of sp³-hybridized carbons (Fsp3) is 0.444. The summed E-state index contributed by atoms with van der Waals surface area (Å²) < 4.78 is 49.2. The Labute approximate surface area is 111 Å². The standard InChI is InChI=1S/C9H14N4O4S2/c10-12-8-2-1-4-11-9(8)19(16,17)13-7-3-5-18(14,15)6-7/h1-2,4,7,12-13H,3,5-6,10H2. The lowest BCUT2D eigenvalue weighted by atomic mass is 10.3. The van der Waals surface area contributed by atoms with Crippen LogP contribution < -0.4 is 16.0 Å². The van der Waals surface area contributed by atoms with E-state index in [0.29, 0.717) is 0 Å². The molecular weight excluding hydrogens is 292 g/mol. The quantitative estimate of drug-likeness (QED) is 0.472. The summed E-state index contributed by atoms with van der Waals surface area (Å²) >= 11 is 0. The zero-order valence-corrected chi connectivity index (χ0v) is 11.5. The van der Waals surface area contributed by atoms with Gasteiger partial charge >= 0.3 is 0 Å². The Morgan fingerprint density at radius 3 is 2.74 bits per heavy atom. The lowest BCUT2D eigenvalue weighted by Gasteiger charge is -2.13. The summed E-state index contributed by atoms with van der Waals surface area (Å²) in [7, 11) is -7.06. The maximum absolute atomic E-state index is 12.1. The van der Waals surface area contributed by atoms with Gasteiger partial charge in [-0.25, -0.2) is 26.5 Å². The molecule has 4 N–H and O–H groups in total. The normalized spacial score (nSPS) is 22.3. The summed E-state index contributed by atoms with van der Waals surface area (Å²) in [5.74, 6) is 5.02. The first-order chi connectivity index (χ1) is 8.84. The van der Waals surface area contributed by atoms with Crippen LogP contribution >= 0.6 is 0 Å². The number of nitrogens with one attached hydrogen (secondary N) is 2. The third-order valence-electron chi connectivity index (χ3n) is 2.74. The molecule has 1 unspecified atom stereocenters. The highest BCUT2D eigenvalue weighted by molar-refractivity contribution is 7.92. The van der Waals surface area contributed by atoms with Crippen LogP contribution in [0.1, 0.15) is 6.42 Å². The molecule has 0 spiro atoms. The maximum atomic E-state index is 12.1. The first-order valence-electron chi connectivity index (χ1n) is 5.48. The number of pyridine rings is 1. The van der Waals surface area contributed by atoms with Gasteiger partial charge in [0.1, 0.15) is 0 Å². The highest BCUT2D eigenvalue weighted by Crippen LogP contribution is 2.19. The number of hydrazine groups is 1. The molecule has 0 radical (unpaired) electrons. The fourth-order valence-corrected chi connectivity index (χ4v) is 5.02. The second-order valence-electron chi connectivity index (χ2n) is 4.22. The van der Waals surface area contributed by atoms with Crippen molar-refractivity contribution < 1.29 is 16.8 Å². The van der Waals surface area contributed by atoms with E-state index in [1.54, 1.807) is 0 Å². The Hall–Kier alpha value is -1.23. The molecule has 0 aliphatic carbocycles. The van der Waals surface area contributed by atoms with Crippen molar-refractivity contribution in [3.8, 4) is 0 Å². The van der Waals surface area contributed by atoms with E-state index in [9.17, 15) is 16.8 Å². The Morgan fingerprint density at radius 2 is 2.16 bits per heavy atom. The van der Waals surface area contributed by atoms with Crippen molar-refractivity contribution in [3.05, 3.63) is 18.3 Å². The van der Waals surface area contributed by atoms with Gasteiger partial charge in [0.2, 0.25) is 0 Å². The van der Waals surface area contributed by atoms with Crippen molar-refractivity contribution in [2.24, 2.45) is 5.84 Å². The van der Waals surface area contributed by atoms with Crippen LogP contribution in [-0.4, -0.2) is 39.4 Å². The minimum Gasteiger partial charge on any atom is -0.321 e. The fourth-order valence-electron chi connectivity index (χ4n) is 1.88. The monoisotopic (exact) mass is 306 g/mol. The lowest BCUT2D eigenvalue weighted by molar-refractivity contribution is 0.559. The number of rotatable bonds is 4. The number of anilines is 1. The molecule has 1 aliphatic heterocycles. The lowest BCUT2D eigenvalue weighted by Crippen LogP contribution is -2.36. The van der Waals surface area contributed by atoms with Gasteiger partial charge in [-0.2, -0.15) is 0 Å². The van der Waals surface area contributed by atoms with E-state index in [2.05, 4.69) is 15.1 Å². The molecule has 0 amide bonds. The predicted molar refractivity (Wildman–Crippen MR) is 69.4 cm³/mol. The molecule has 10 heteroatoms. The number of hydrogen-bond acceptors (Lipinski definition) is 7. The third-order valence-corrected chi connectivity index (χ3v) is 5.98. The highest BCUT2D eigenvalue weighted by Gasteiger charge is 2.32. The molecule has 0 bridgehead atoms. The summed E-state index contributed by atoms with van der Waals surface area (Å²) in [6.07, 6.45) is 1.58. The van der Waals surface area contributed by atoms with Crippen LogP contribution in [0.4, 0.5) is 5.69 Å². The third kappa shape index (κ3) is 3.21. The van der Waals surface area contributed by atoms with Gasteiger partial charge in [0.15, 0.2) is 14.9 Å². The zero-order chi connectivity index (χ0) is 14.1. The molecule has 0 saturated carbocycles. The van der Waals surface area contributed by atoms with Crippen LogP contribution in [0.3, 0.4) is 0 Å². The van der Waals surface area contributed by atoms with Crippen LogP contribution in [0, 0.1) is 0 Å². The topological polar surface area (TPSA) is 131 Å². The second-order valence-corrected chi connectivity index (χ2v) is 8.08. The summed E-state index contributed by atoms with van der Waals surface area (Å²) in [6, 6.07) is 2.38. The van der Waals surface area contributed by atoms with E-state index in [4.69, 9.17) is 5.84 Å². The van der Waals surface area contributed by atoms with Gasteiger partial charge in [-0.15, -0.1) is 0 Å². The molecule has 0 aromatic carbocycles. The summed E-state index contributed by atoms with van der Waals surface area (Å²) in [5.41, 5.74) is 2.39. The second kappa shape index (κ2) is 5.04. The first kappa shape index (κ1) is 14.2. The average molecular weight is 306 g/mol. The molecular formula is C9H14N4O4S2. The number of sulfonamides is 1. The van der Waals surface area contributed by atoms with Crippen molar-refractivity contribution >= 4 is 25.5 Å². The molecule has 1 aromatic rings. The van der Waals surface area contributed by atoms with E-state index in [0.717, 1.165) is 0 Å². The largest absolute Gasteiger partial charge is 0.321 e. The SMILES string of the molecule is NNc1cccnc1S(=O)(=O)NC1CCS(=O)(=O)C1. The number of nitrogen functional groups attached to an aromatic ring is 1. The molecule has 1 atom stereocenters. The minimum absolute atomic E-state index is 0.00952. The summed E-state index contributed by atoms with van der Waals surface area (Å²) in [5, 5.41) is -0.248. The average Bonchev–Trinajstić information content (AvgIpc) is 2.67. The number of hydrogen-bond donors (Lipinski definition) is 3. The van der Waals surface area contributed by atoms with Gasteiger partial charge in [-0.05, 0) is 18.6 Å². The number of sulfone groups is 1. The zero-order valence-electron chi connectivity index (χ0n) is 9.90. The Kier molecular flexibility index (Phi) is 3.76. The molecule has 2 heterocycles. The van der Waals surface area contributed by atoms with E-state index >= 15 is 0 Å². The molecule has 19 heavy (non-hydrogen) atoms. The summed E-state index contributed by atoms with van der Waals surface area (Å²) in [4.78, 5) is 3.76. The Bertz CT molecular complexity index is 671. The van der Waals surface area contributed by atoms with Crippen LogP contribution in [-0.2, 0) is 19.9 Å². The van der Waals surface area contributed by atoms with Crippen LogP contribution in [0.15, 0.2) is 23.4 Å². The highest BCUT2D eigenvalue weighted by atomic mass is 32.2. The van der Waals surface area contributed by atoms with Gasteiger partial charge in [0.25, 0.3) is 10.0 Å². The Balaban J connectivity index is 2.24. The molecule has 106 valence electrons. The molecule has 8 nitrogen and oxygen atoms in total. The smallest absolute Gasteiger partial charge is 0.260 e. The van der Waals surface area contributed by atoms with Gasteiger partial charge in [0, 0.05) is 12.2 Å². The molecule has 1 aliphatic rings. The first-order valence-corrected chi connectivity index (χ1v) is 8.79. The molecule has 1 fully saturated rings. The number of nitrogens with two attached hydrogens (primary N) is 1.